The van der Waals surface area contributed by atoms with Gasteiger partial charge in [-0.2, -0.15) is 0 Å². The summed E-state index contributed by atoms with van der Waals surface area (Å²) in [5.74, 6) is 1.46. The normalized spacial score (nSPS) is 12.1. The van der Waals surface area contributed by atoms with Crippen LogP contribution < -0.4 is 20.1 Å². The third kappa shape index (κ3) is 3.20. The summed E-state index contributed by atoms with van der Waals surface area (Å²) in [4.78, 5) is 0. The molecule has 6 heteroatoms. The molecule has 0 amide bonds. The molecule has 2 aromatic rings. The maximum absolute atomic E-state index is 5.94. The van der Waals surface area contributed by atoms with E-state index < -0.39 is 0 Å². The van der Waals surface area contributed by atoms with Gasteiger partial charge in [-0.3, -0.25) is 0 Å². The largest absolute Gasteiger partial charge is 0.454 e. The smallest absolute Gasteiger partial charge is 0.231 e. The third-order valence-corrected chi connectivity index (χ3v) is 3.51. The Morgan fingerprint density at radius 3 is 2.71 bits per heavy atom. The predicted octanol–water partition coefficient (Wildman–Crippen LogP) is 4.19. The average Bonchev–Trinajstić information content (AvgIpc) is 2.89. The molecule has 1 heterocycles. The highest BCUT2D eigenvalue weighted by Crippen LogP contribution is 2.34. The molecular formula is C15H13ClN2O2S. The highest BCUT2D eigenvalue weighted by molar-refractivity contribution is 7.80. The maximum Gasteiger partial charge on any atom is 0.231 e. The molecule has 0 unspecified atom stereocenters. The number of nitrogens with one attached hydrogen (secondary N) is 2. The van der Waals surface area contributed by atoms with E-state index in [2.05, 4.69) is 10.6 Å². The minimum Gasteiger partial charge on any atom is -0.454 e. The molecule has 2 N–H and O–H groups in total. The zero-order valence-corrected chi connectivity index (χ0v) is 12.8. The molecule has 2 aromatic carbocycles. The molecule has 0 saturated carbocycles. The molecule has 0 aliphatic carbocycles. The van der Waals surface area contributed by atoms with Gasteiger partial charge in [0, 0.05) is 22.5 Å². The van der Waals surface area contributed by atoms with E-state index in [-0.39, 0.29) is 6.79 Å². The molecule has 108 valence electrons. The van der Waals surface area contributed by atoms with E-state index in [1.807, 2.05) is 43.3 Å². The molecule has 1 aliphatic heterocycles. The summed E-state index contributed by atoms with van der Waals surface area (Å²) in [5, 5.41) is 7.46. The molecule has 21 heavy (non-hydrogen) atoms. The predicted molar refractivity (Wildman–Crippen MR) is 88.6 cm³/mol. The minimum absolute atomic E-state index is 0.255. The number of halogens is 1. The van der Waals surface area contributed by atoms with Crippen LogP contribution in [0.15, 0.2) is 36.4 Å². The van der Waals surface area contributed by atoms with Gasteiger partial charge in [0.15, 0.2) is 16.6 Å². The maximum atomic E-state index is 5.94. The lowest BCUT2D eigenvalue weighted by Crippen LogP contribution is -2.19. The van der Waals surface area contributed by atoms with E-state index in [0.717, 1.165) is 22.7 Å². The summed E-state index contributed by atoms with van der Waals surface area (Å²) in [5.41, 5.74) is 2.78. The van der Waals surface area contributed by atoms with E-state index in [1.165, 1.54) is 0 Å². The zero-order valence-electron chi connectivity index (χ0n) is 11.3. The van der Waals surface area contributed by atoms with Crippen molar-refractivity contribution in [1.29, 1.82) is 0 Å². The first-order valence-corrected chi connectivity index (χ1v) is 7.14. The summed E-state index contributed by atoms with van der Waals surface area (Å²) in [6, 6.07) is 11.2. The van der Waals surface area contributed by atoms with E-state index in [9.17, 15) is 0 Å². The SMILES string of the molecule is Cc1cc(Cl)ccc1NC(=S)Nc1ccc2c(c1)OCO2. The van der Waals surface area contributed by atoms with Gasteiger partial charge in [0.2, 0.25) is 6.79 Å². The number of fused-ring (bicyclic) bond motifs is 1. The second-order valence-electron chi connectivity index (χ2n) is 4.61. The van der Waals surface area contributed by atoms with Crippen LogP contribution in [0.2, 0.25) is 5.02 Å². The van der Waals surface area contributed by atoms with E-state index in [4.69, 9.17) is 33.3 Å². The minimum atomic E-state index is 0.255. The Labute approximate surface area is 133 Å². The van der Waals surface area contributed by atoms with Gasteiger partial charge in [-0.05, 0) is 55.0 Å². The number of thiocarbonyl (C=S) groups is 1. The van der Waals surface area contributed by atoms with Crippen molar-refractivity contribution in [3.63, 3.8) is 0 Å². The topological polar surface area (TPSA) is 42.5 Å². The van der Waals surface area contributed by atoms with Crippen LogP contribution in [0.25, 0.3) is 0 Å². The number of ether oxygens (including phenoxy) is 2. The third-order valence-electron chi connectivity index (χ3n) is 3.07. The number of rotatable bonds is 2. The van der Waals surface area contributed by atoms with Crippen LogP contribution in [-0.4, -0.2) is 11.9 Å². The van der Waals surface area contributed by atoms with E-state index in [0.29, 0.717) is 15.9 Å². The van der Waals surface area contributed by atoms with Crippen molar-refractivity contribution in [3.05, 3.63) is 47.0 Å². The number of hydrogen-bond acceptors (Lipinski definition) is 3. The Kier molecular flexibility index (Phi) is 3.86. The molecule has 0 aromatic heterocycles. The Hall–Kier alpha value is -1.98. The number of anilines is 2. The molecule has 1 aliphatic rings. The molecular weight excluding hydrogens is 308 g/mol. The van der Waals surface area contributed by atoms with Gasteiger partial charge in [-0.25, -0.2) is 0 Å². The second kappa shape index (κ2) is 5.79. The van der Waals surface area contributed by atoms with Gasteiger partial charge in [-0.15, -0.1) is 0 Å². The first-order valence-electron chi connectivity index (χ1n) is 6.35. The standard InChI is InChI=1S/C15H13ClN2O2S/c1-9-6-10(16)2-4-12(9)18-15(21)17-11-3-5-13-14(7-11)20-8-19-13/h2-7H,8H2,1H3,(H2,17,18,21). The van der Waals surface area contributed by atoms with Crippen molar-refractivity contribution >= 4 is 40.3 Å². The van der Waals surface area contributed by atoms with Gasteiger partial charge < -0.3 is 20.1 Å². The number of aryl methyl sites for hydroxylation is 1. The van der Waals surface area contributed by atoms with Crippen LogP contribution in [0.4, 0.5) is 11.4 Å². The van der Waals surface area contributed by atoms with Crippen molar-refractivity contribution in [2.75, 3.05) is 17.4 Å². The lowest BCUT2D eigenvalue weighted by molar-refractivity contribution is 0.174. The summed E-state index contributed by atoms with van der Waals surface area (Å²) in [7, 11) is 0. The monoisotopic (exact) mass is 320 g/mol. The van der Waals surface area contributed by atoms with E-state index in [1.54, 1.807) is 0 Å². The fourth-order valence-corrected chi connectivity index (χ4v) is 2.48. The van der Waals surface area contributed by atoms with Crippen molar-refractivity contribution < 1.29 is 9.47 Å². The van der Waals surface area contributed by atoms with Crippen LogP contribution in [0.1, 0.15) is 5.56 Å². The van der Waals surface area contributed by atoms with Gasteiger partial charge in [0.25, 0.3) is 0 Å². The number of hydrogen-bond donors (Lipinski definition) is 2. The quantitative estimate of drug-likeness (QED) is 0.812. The van der Waals surface area contributed by atoms with Gasteiger partial charge in [0.05, 0.1) is 0 Å². The zero-order chi connectivity index (χ0) is 14.8. The molecule has 0 saturated heterocycles. The van der Waals surface area contributed by atoms with Crippen molar-refractivity contribution in [2.45, 2.75) is 6.92 Å². The molecule has 0 fully saturated rings. The Morgan fingerprint density at radius 1 is 1.10 bits per heavy atom. The Morgan fingerprint density at radius 2 is 1.90 bits per heavy atom. The lowest BCUT2D eigenvalue weighted by atomic mass is 10.2. The van der Waals surface area contributed by atoms with Crippen LogP contribution in [0.5, 0.6) is 11.5 Å². The summed E-state index contributed by atoms with van der Waals surface area (Å²) < 4.78 is 10.6. The first-order chi connectivity index (χ1) is 10.1. The molecule has 0 spiro atoms. The van der Waals surface area contributed by atoms with Crippen molar-refractivity contribution in [2.24, 2.45) is 0 Å². The summed E-state index contributed by atoms with van der Waals surface area (Å²) in [6.45, 7) is 2.23. The first kappa shape index (κ1) is 14.0. The van der Waals surface area contributed by atoms with Crippen molar-refractivity contribution in [1.82, 2.24) is 0 Å². The second-order valence-corrected chi connectivity index (χ2v) is 5.45. The van der Waals surface area contributed by atoms with Crippen LogP contribution in [-0.2, 0) is 0 Å². The van der Waals surface area contributed by atoms with Crippen LogP contribution in [0, 0.1) is 6.92 Å². The Balaban J connectivity index is 1.69. The fraction of sp³-hybridized carbons (Fsp3) is 0.133. The highest BCUT2D eigenvalue weighted by Gasteiger charge is 2.13. The van der Waals surface area contributed by atoms with E-state index >= 15 is 0 Å². The molecule has 0 radical (unpaired) electrons. The van der Waals surface area contributed by atoms with Gasteiger partial charge >= 0.3 is 0 Å². The average molecular weight is 321 g/mol. The van der Waals surface area contributed by atoms with Crippen LogP contribution in [0.3, 0.4) is 0 Å². The lowest BCUT2D eigenvalue weighted by Gasteiger charge is -2.13. The summed E-state index contributed by atoms with van der Waals surface area (Å²) >= 11 is 11.2. The van der Waals surface area contributed by atoms with Crippen LogP contribution >= 0.6 is 23.8 Å². The molecule has 0 atom stereocenters. The fourth-order valence-electron chi connectivity index (χ4n) is 2.03. The Bertz CT molecular complexity index is 706. The molecule has 3 rings (SSSR count). The number of benzene rings is 2. The summed E-state index contributed by atoms with van der Waals surface area (Å²) in [6.07, 6.45) is 0. The molecule has 4 nitrogen and oxygen atoms in total. The molecule has 0 bridgehead atoms. The van der Waals surface area contributed by atoms with Crippen molar-refractivity contribution in [3.8, 4) is 11.5 Å². The van der Waals surface area contributed by atoms with Gasteiger partial charge in [0.1, 0.15) is 0 Å². The van der Waals surface area contributed by atoms with Gasteiger partial charge in [-0.1, -0.05) is 11.6 Å². The highest BCUT2D eigenvalue weighted by atomic mass is 35.5.